The highest BCUT2D eigenvalue weighted by Crippen LogP contribution is 2.28. The van der Waals surface area contributed by atoms with E-state index in [4.69, 9.17) is 15.5 Å². The molecule has 0 unspecified atom stereocenters. The summed E-state index contributed by atoms with van der Waals surface area (Å²) < 4.78 is 37.2. The normalized spacial score (nSPS) is 14.5. The van der Waals surface area contributed by atoms with Crippen LogP contribution < -0.4 is 10.5 Å². The number of aryl methyl sites for hydroxylation is 1. The van der Waals surface area contributed by atoms with Crippen LogP contribution in [0.25, 0.3) is 11.3 Å². The minimum absolute atomic E-state index is 0.0808. The van der Waals surface area contributed by atoms with Gasteiger partial charge in [0.25, 0.3) is 0 Å². The number of nitrogens with zero attached hydrogens (tertiary/aromatic N) is 4. The third kappa shape index (κ3) is 5.69. The third-order valence-electron chi connectivity index (χ3n) is 4.94. The summed E-state index contributed by atoms with van der Waals surface area (Å²) >= 11 is 0. The molecule has 0 saturated carbocycles. The average molecular weight is 421 g/mol. The van der Waals surface area contributed by atoms with E-state index in [1.807, 2.05) is 6.20 Å². The van der Waals surface area contributed by atoms with Crippen LogP contribution in [-0.4, -0.2) is 52.3 Å². The van der Waals surface area contributed by atoms with Gasteiger partial charge in [0.2, 0.25) is 0 Å². The predicted molar refractivity (Wildman–Crippen MR) is 111 cm³/mol. The van der Waals surface area contributed by atoms with Crippen molar-refractivity contribution in [3.05, 3.63) is 36.6 Å². The first-order chi connectivity index (χ1) is 14.3. The minimum atomic E-state index is -2.97. The Hall–Kier alpha value is -2.68. The zero-order chi connectivity index (χ0) is 21.7. The number of hydrogen-bond donors (Lipinski definition) is 1. The van der Waals surface area contributed by atoms with E-state index in [0.29, 0.717) is 17.2 Å². The molecule has 30 heavy (non-hydrogen) atoms. The summed E-state index contributed by atoms with van der Waals surface area (Å²) in [6.45, 7) is 9.41. The number of ether oxygens (including phenoxy) is 2. The second-order valence-electron chi connectivity index (χ2n) is 7.74. The van der Waals surface area contributed by atoms with Gasteiger partial charge in [-0.05, 0) is 12.0 Å². The molecule has 1 fully saturated rings. The minimum Gasteiger partial charge on any atom is -0.431 e. The van der Waals surface area contributed by atoms with Crippen molar-refractivity contribution in [1.29, 1.82) is 0 Å². The van der Waals surface area contributed by atoms with Crippen LogP contribution in [0, 0.1) is 5.92 Å². The Morgan fingerprint density at radius 2 is 2.07 bits per heavy atom. The van der Waals surface area contributed by atoms with Crippen LogP contribution in [0.3, 0.4) is 0 Å². The van der Waals surface area contributed by atoms with Gasteiger partial charge in [-0.15, -0.1) is 0 Å². The van der Waals surface area contributed by atoms with Gasteiger partial charge in [0.15, 0.2) is 11.6 Å². The van der Waals surface area contributed by atoms with Gasteiger partial charge in [0.05, 0.1) is 18.9 Å². The summed E-state index contributed by atoms with van der Waals surface area (Å²) in [5.74, 6) is 1.12. The summed E-state index contributed by atoms with van der Waals surface area (Å²) in [5.41, 5.74) is 7.95. The highest BCUT2D eigenvalue weighted by molar-refractivity contribution is 5.63. The first kappa shape index (κ1) is 22.0. The monoisotopic (exact) mass is 421 g/mol. The Morgan fingerprint density at radius 1 is 1.33 bits per heavy atom. The maximum atomic E-state index is 12.6. The molecule has 2 aromatic rings. The number of rotatable bonds is 9. The second-order valence-corrected chi connectivity index (χ2v) is 7.74. The van der Waals surface area contributed by atoms with Gasteiger partial charge in [0, 0.05) is 56.1 Å². The van der Waals surface area contributed by atoms with Crippen molar-refractivity contribution in [2.75, 3.05) is 32.0 Å². The van der Waals surface area contributed by atoms with Gasteiger partial charge < -0.3 is 24.7 Å². The topological polar surface area (TPSA) is 78.4 Å². The van der Waals surface area contributed by atoms with E-state index in [0.717, 1.165) is 57.2 Å². The molecular formula is C21H29F2N5O2. The number of hydrogen-bond acceptors (Lipinski definition) is 6. The van der Waals surface area contributed by atoms with Gasteiger partial charge in [0.1, 0.15) is 5.82 Å². The van der Waals surface area contributed by atoms with E-state index in [1.54, 1.807) is 0 Å². The fourth-order valence-electron chi connectivity index (χ4n) is 3.39. The maximum Gasteiger partial charge on any atom is 0.387 e. The largest absolute Gasteiger partial charge is 0.431 e. The fourth-order valence-corrected chi connectivity index (χ4v) is 3.39. The number of pyridine rings is 1. The van der Waals surface area contributed by atoms with Crippen molar-refractivity contribution in [1.82, 2.24) is 19.4 Å². The van der Waals surface area contributed by atoms with E-state index in [1.165, 1.54) is 12.3 Å². The van der Waals surface area contributed by atoms with E-state index in [-0.39, 0.29) is 11.6 Å². The van der Waals surface area contributed by atoms with Crippen LogP contribution in [0.1, 0.15) is 26.1 Å². The molecule has 0 aliphatic carbocycles. The number of morpholine rings is 1. The third-order valence-corrected chi connectivity index (χ3v) is 4.94. The van der Waals surface area contributed by atoms with E-state index in [9.17, 15) is 8.78 Å². The van der Waals surface area contributed by atoms with Crippen LogP contribution in [0.15, 0.2) is 30.7 Å². The number of nitrogen functional groups attached to an aromatic ring is 1. The Balaban J connectivity index is 1.79. The lowest BCUT2D eigenvalue weighted by atomic mass is 10.1. The molecule has 0 amide bonds. The molecule has 9 heteroatoms. The quantitative estimate of drug-likeness (QED) is 0.667. The number of halogens is 2. The van der Waals surface area contributed by atoms with Crippen LogP contribution in [0.5, 0.6) is 5.75 Å². The Labute approximate surface area is 175 Å². The van der Waals surface area contributed by atoms with Crippen molar-refractivity contribution < 1.29 is 18.3 Å². The molecule has 2 N–H and O–H groups in total. The lowest BCUT2D eigenvalue weighted by Gasteiger charge is -2.30. The molecule has 3 heterocycles. The summed E-state index contributed by atoms with van der Waals surface area (Å²) in [6, 6.07) is 1.45. The highest BCUT2D eigenvalue weighted by Gasteiger charge is 2.17. The van der Waals surface area contributed by atoms with Gasteiger partial charge in [-0.2, -0.15) is 8.78 Å². The van der Waals surface area contributed by atoms with Crippen LogP contribution in [0.4, 0.5) is 14.6 Å². The lowest BCUT2D eigenvalue weighted by Crippen LogP contribution is -2.35. The van der Waals surface area contributed by atoms with Crippen molar-refractivity contribution >= 4 is 5.82 Å². The standard InChI is InChI=1S/C21H29F2N5O2/c1-14(2)10-19-26-17(16-11-18(30-21(22)23)20(24)25-12-16)13-28(19)5-4-15(3)27-6-8-29-9-7-27/h11-14,21H,3-10H2,1-2H3,(H2,24,25). The molecular weight excluding hydrogens is 392 g/mol. The summed E-state index contributed by atoms with van der Waals surface area (Å²) in [7, 11) is 0. The molecule has 0 aromatic carbocycles. The molecule has 0 radical (unpaired) electrons. The molecule has 2 aromatic heterocycles. The van der Waals surface area contributed by atoms with Crippen molar-refractivity contribution in [3.8, 4) is 17.0 Å². The summed E-state index contributed by atoms with van der Waals surface area (Å²) in [6.07, 6.45) is 5.03. The van der Waals surface area contributed by atoms with Crippen LogP contribution >= 0.6 is 0 Å². The molecule has 1 aliphatic rings. The number of nitrogens with two attached hydrogens (primary N) is 1. The average Bonchev–Trinajstić information content (AvgIpc) is 3.10. The Morgan fingerprint density at radius 3 is 2.73 bits per heavy atom. The number of allylic oxidation sites excluding steroid dienone is 1. The molecule has 7 nitrogen and oxygen atoms in total. The van der Waals surface area contributed by atoms with Gasteiger partial charge in [-0.25, -0.2) is 9.97 Å². The first-order valence-electron chi connectivity index (χ1n) is 10.1. The Bertz CT molecular complexity index is 863. The number of aromatic nitrogens is 3. The lowest BCUT2D eigenvalue weighted by molar-refractivity contribution is -0.0494. The fraction of sp³-hybridized carbons (Fsp3) is 0.524. The predicted octanol–water partition coefficient (Wildman–Crippen LogP) is 3.56. The van der Waals surface area contributed by atoms with Gasteiger partial charge >= 0.3 is 6.61 Å². The smallest absolute Gasteiger partial charge is 0.387 e. The second kappa shape index (κ2) is 9.88. The molecule has 0 atom stereocenters. The van der Waals surface area contributed by atoms with E-state index >= 15 is 0 Å². The zero-order valence-corrected chi connectivity index (χ0v) is 17.5. The number of anilines is 1. The first-order valence-corrected chi connectivity index (χ1v) is 10.1. The van der Waals surface area contributed by atoms with Crippen molar-refractivity contribution in [3.63, 3.8) is 0 Å². The van der Waals surface area contributed by atoms with Gasteiger partial charge in [-0.1, -0.05) is 20.4 Å². The molecule has 1 saturated heterocycles. The maximum absolute atomic E-state index is 12.6. The SMILES string of the molecule is C=C(CCn1cc(-c2cnc(N)c(OC(F)F)c2)nc1CC(C)C)N1CCOCC1. The molecule has 0 bridgehead atoms. The highest BCUT2D eigenvalue weighted by atomic mass is 19.3. The zero-order valence-electron chi connectivity index (χ0n) is 17.5. The molecule has 0 spiro atoms. The van der Waals surface area contributed by atoms with Crippen LogP contribution in [-0.2, 0) is 17.7 Å². The van der Waals surface area contributed by atoms with Crippen molar-refractivity contribution in [2.45, 2.75) is 39.8 Å². The Kier molecular flexibility index (Phi) is 7.25. The molecule has 3 rings (SSSR count). The van der Waals surface area contributed by atoms with Crippen LogP contribution in [0.2, 0.25) is 0 Å². The van der Waals surface area contributed by atoms with Gasteiger partial charge in [-0.3, -0.25) is 0 Å². The molecule has 1 aliphatic heterocycles. The number of imidazole rings is 1. The van der Waals surface area contributed by atoms with E-state index < -0.39 is 6.61 Å². The summed E-state index contributed by atoms with van der Waals surface area (Å²) in [5, 5.41) is 0. The summed E-state index contributed by atoms with van der Waals surface area (Å²) in [4.78, 5) is 11.0. The van der Waals surface area contributed by atoms with Crippen molar-refractivity contribution in [2.24, 2.45) is 5.92 Å². The number of alkyl halides is 2. The van der Waals surface area contributed by atoms with E-state index in [2.05, 4.69) is 39.6 Å². The molecule has 164 valence electrons.